The Labute approximate surface area is 370 Å². The Balaban J connectivity index is 4.30. The predicted molar refractivity (Wildman–Crippen MR) is 258 cm³/mol. The number of rotatable bonds is 50. The molecule has 5 heteroatoms. The average molecular weight is 834 g/mol. The first kappa shape index (κ1) is 57.9. The van der Waals surface area contributed by atoms with Crippen molar-refractivity contribution < 1.29 is 19.4 Å². The first-order chi connectivity index (χ1) is 29.0. The number of hydrogen-bond acceptors (Lipinski definition) is 4. The summed E-state index contributed by atoms with van der Waals surface area (Å²) in [5.41, 5.74) is 0. The SMILES string of the molecule is CCCCCCCCCCCCCCCCCC(=O)N[C@@H](COC(=O)CCCCCCCCCCCCCCCCC)[C@H](O)CCCCCCCCCCCCCCC. The largest absolute Gasteiger partial charge is 0.463 e. The van der Waals surface area contributed by atoms with E-state index in [1.807, 2.05) is 0 Å². The summed E-state index contributed by atoms with van der Waals surface area (Å²) >= 11 is 0. The van der Waals surface area contributed by atoms with Crippen LogP contribution in [0.1, 0.15) is 316 Å². The molecule has 0 aromatic carbocycles. The third kappa shape index (κ3) is 46.2. The van der Waals surface area contributed by atoms with Crippen molar-refractivity contribution >= 4 is 11.9 Å². The van der Waals surface area contributed by atoms with E-state index in [9.17, 15) is 14.7 Å². The summed E-state index contributed by atoms with van der Waals surface area (Å²) in [4.78, 5) is 25.7. The summed E-state index contributed by atoms with van der Waals surface area (Å²) in [6, 6.07) is -0.527. The van der Waals surface area contributed by atoms with Gasteiger partial charge in [0.15, 0.2) is 0 Å². The minimum atomic E-state index is -0.689. The highest BCUT2D eigenvalue weighted by Crippen LogP contribution is 2.18. The Morgan fingerprint density at radius 1 is 0.373 bits per heavy atom. The number of ether oxygens (including phenoxy) is 1. The van der Waals surface area contributed by atoms with Crippen LogP contribution in [0.3, 0.4) is 0 Å². The van der Waals surface area contributed by atoms with Crippen molar-refractivity contribution in [1.82, 2.24) is 5.32 Å². The van der Waals surface area contributed by atoms with Gasteiger partial charge in [0.25, 0.3) is 0 Å². The Morgan fingerprint density at radius 3 is 0.932 bits per heavy atom. The molecule has 0 aromatic rings. The molecule has 2 atom stereocenters. The molecule has 59 heavy (non-hydrogen) atoms. The van der Waals surface area contributed by atoms with Crippen molar-refractivity contribution in [3.8, 4) is 0 Å². The van der Waals surface area contributed by atoms with Gasteiger partial charge in [-0.3, -0.25) is 9.59 Å². The standard InChI is InChI=1S/C54H107NO4/c1-4-7-10-13-16-19-22-25-27-30-33-36-39-42-45-48-53(57)55-51(52(56)47-44-41-38-35-32-29-24-21-18-15-12-9-6-3)50-59-54(58)49-46-43-40-37-34-31-28-26-23-20-17-14-11-8-5-2/h51-52,56H,4-50H2,1-3H3,(H,55,57)/t51-,52+/m0/s1. The molecule has 0 aromatic heterocycles. The highest BCUT2D eigenvalue weighted by molar-refractivity contribution is 5.76. The fourth-order valence-corrected chi connectivity index (χ4v) is 8.65. The van der Waals surface area contributed by atoms with E-state index in [0.717, 1.165) is 38.5 Å². The van der Waals surface area contributed by atoms with Crippen LogP contribution < -0.4 is 5.32 Å². The van der Waals surface area contributed by atoms with Crippen LogP contribution in [0.25, 0.3) is 0 Å². The first-order valence-electron chi connectivity index (χ1n) is 27.2. The molecule has 0 radical (unpaired) electrons. The minimum Gasteiger partial charge on any atom is -0.463 e. The predicted octanol–water partition coefficient (Wildman–Crippen LogP) is 17.4. The number of esters is 1. The van der Waals surface area contributed by atoms with E-state index >= 15 is 0 Å². The van der Waals surface area contributed by atoms with Crippen LogP contribution in [0.2, 0.25) is 0 Å². The molecule has 352 valence electrons. The molecule has 5 nitrogen and oxygen atoms in total. The number of aliphatic hydroxyl groups is 1. The summed E-state index contributed by atoms with van der Waals surface area (Å²) in [6.45, 7) is 6.91. The average Bonchev–Trinajstić information content (AvgIpc) is 3.23. The van der Waals surface area contributed by atoms with Crippen LogP contribution in [0.15, 0.2) is 0 Å². The van der Waals surface area contributed by atoms with Crippen LogP contribution in [0, 0.1) is 0 Å². The van der Waals surface area contributed by atoms with Gasteiger partial charge in [0.1, 0.15) is 6.61 Å². The lowest BCUT2D eigenvalue weighted by Crippen LogP contribution is -2.46. The Bertz CT molecular complexity index is 833. The van der Waals surface area contributed by atoms with Gasteiger partial charge >= 0.3 is 5.97 Å². The van der Waals surface area contributed by atoms with Gasteiger partial charge in [-0.25, -0.2) is 0 Å². The van der Waals surface area contributed by atoms with Crippen LogP contribution in [-0.2, 0) is 14.3 Å². The van der Waals surface area contributed by atoms with E-state index in [2.05, 4.69) is 26.1 Å². The summed E-state index contributed by atoms with van der Waals surface area (Å²) in [5, 5.41) is 14.2. The van der Waals surface area contributed by atoms with E-state index in [4.69, 9.17) is 4.74 Å². The van der Waals surface area contributed by atoms with Crippen LogP contribution in [0.4, 0.5) is 0 Å². The Kier molecular flexibility index (Phi) is 48.6. The second kappa shape index (κ2) is 49.6. The summed E-state index contributed by atoms with van der Waals surface area (Å²) in [6.07, 6.45) is 56.7. The fourth-order valence-electron chi connectivity index (χ4n) is 8.65. The van der Waals surface area contributed by atoms with Crippen molar-refractivity contribution in [1.29, 1.82) is 0 Å². The van der Waals surface area contributed by atoms with Gasteiger partial charge < -0.3 is 15.2 Å². The van der Waals surface area contributed by atoms with E-state index in [1.165, 1.54) is 238 Å². The molecule has 0 fully saturated rings. The number of hydrogen-bond donors (Lipinski definition) is 2. The number of aliphatic hydroxyl groups excluding tert-OH is 1. The van der Waals surface area contributed by atoms with Gasteiger partial charge in [-0.2, -0.15) is 0 Å². The third-order valence-electron chi connectivity index (χ3n) is 12.8. The molecule has 1 amide bonds. The van der Waals surface area contributed by atoms with Gasteiger partial charge in [0.2, 0.25) is 5.91 Å². The molecule has 2 N–H and O–H groups in total. The van der Waals surface area contributed by atoms with E-state index in [1.54, 1.807) is 0 Å². The zero-order valence-electron chi connectivity index (χ0n) is 40.6. The second-order valence-corrected chi connectivity index (χ2v) is 18.9. The quantitative estimate of drug-likeness (QED) is 0.0473. The molecule has 0 rings (SSSR count). The number of carbonyl (C=O) groups is 2. The lowest BCUT2D eigenvalue weighted by molar-refractivity contribution is -0.146. The molecule has 0 aliphatic carbocycles. The maximum Gasteiger partial charge on any atom is 0.305 e. The van der Waals surface area contributed by atoms with Gasteiger partial charge in [0, 0.05) is 12.8 Å². The fraction of sp³-hybridized carbons (Fsp3) is 0.963. The van der Waals surface area contributed by atoms with Crippen molar-refractivity contribution in [2.24, 2.45) is 0 Å². The lowest BCUT2D eigenvalue weighted by atomic mass is 10.0. The van der Waals surface area contributed by atoms with Crippen molar-refractivity contribution in [3.63, 3.8) is 0 Å². The van der Waals surface area contributed by atoms with E-state index < -0.39 is 12.1 Å². The smallest absolute Gasteiger partial charge is 0.305 e. The van der Waals surface area contributed by atoms with Crippen molar-refractivity contribution in [2.75, 3.05) is 6.61 Å². The molecule has 0 saturated carbocycles. The second-order valence-electron chi connectivity index (χ2n) is 18.9. The van der Waals surface area contributed by atoms with Gasteiger partial charge in [-0.15, -0.1) is 0 Å². The molecule has 0 aliphatic heterocycles. The Morgan fingerprint density at radius 2 is 0.627 bits per heavy atom. The zero-order valence-corrected chi connectivity index (χ0v) is 40.6. The Hall–Kier alpha value is -1.10. The zero-order chi connectivity index (χ0) is 43.0. The van der Waals surface area contributed by atoms with Crippen LogP contribution in [-0.4, -0.2) is 35.7 Å². The topological polar surface area (TPSA) is 75.6 Å². The van der Waals surface area contributed by atoms with Gasteiger partial charge in [0.05, 0.1) is 12.1 Å². The normalized spacial score (nSPS) is 12.5. The number of carbonyl (C=O) groups excluding carboxylic acids is 2. The molecule has 0 spiro atoms. The van der Waals surface area contributed by atoms with Crippen molar-refractivity contribution in [3.05, 3.63) is 0 Å². The van der Waals surface area contributed by atoms with Crippen LogP contribution >= 0.6 is 0 Å². The maximum absolute atomic E-state index is 13.0. The monoisotopic (exact) mass is 834 g/mol. The molecule has 0 heterocycles. The highest BCUT2D eigenvalue weighted by Gasteiger charge is 2.23. The summed E-state index contributed by atoms with van der Waals surface area (Å²) < 4.78 is 5.68. The van der Waals surface area contributed by atoms with Gasteiger partial charge in [-0.05, 0) is 19.3 Å². The minimum absolute atomic E-state index is 0.0208. The lowest BCUT2D eigenvalue weighted by Gasteiger charge is -2.24. The van der Waals surface area contributed by atoms with E-state index in [0.29, 0.717) is 19.3 Å². The summed E-state index contributed by atoms with van der Waals surface area (Å²) in [5.74, 6) is -0.220. The number of nitrogens with one attached hydrogen (secondary N) is 1. The molecular weight excluding hydrogens is 727 g/mol. The third-order valence-corrected chi connectivity index (χ3v) is 12.8. The number of unbranched alkanes of at least 4 members (excludes halogenated alkanes) is 40. The van der Waals surface area contributed by atoms with Crippen LogP contribution in [0.5, 0.6) is 0 Å². The van der Waals surface area contributed by atoms with Crippen molar-refractivity contribution in [2.45, 2.75) is 328 Å². The molecular formula is C54H107NO4. The first-order valence-corrected chi connectivity index (χ1v) is 27.2. The number of amides is 1. The molecule has 0 bridgehead atoms. The van der Waals surface area contributed by atoms with Gasteiger partial charge in [-0.1, -0.05) is 284 Å². The highest BCUT2D eigenvalue weighted by atomic mass is 16.5. The molecule has 0 aliphatic rings. The summed E-state index contributed by atoms with van der Waals surface area (Å²) in [7, 11) is 0. The van der Waals surface area contributed by atoms with E-state index in [-0.39, 0.29) is 18.5 Å². The maximum atomic E-state index is 13.0. The molecule has 0 saturated heterocycles. The molecule has 0 unspecified atom stereocenters.